The molecule has 0 heteroatoms. The van der Waals surface area contributed by atoms with Crippen molar-refractivity contribution in [1.82, 2.24) is 0 Å². The van der Waals surface area contributed by atoms with Gasteiger partial charge in [-0.2, -0.15) is 0 Å². The zero-order chi connectivity index (χ0) is 18.4. The molecule has 0 N–H and O–H groups in total. The van der Waals surface area contributed by atoms with Crippen LogP contribution in [0.25, 0.3) is 0 Å². The molecule has 3 aliphatic carbocycles. The molecule has 3 fully saturated rings. The summed E-state index contributed by atoms with van der Waals surface area (Å²) < 4.78 is 0. The van der Waals surface area contributed by atoms with Gasteiger partial charge in [-0.3, -0.25) is 0 Å². The highest BCUT2D eigenvalue weighted by molar-refractivity contribution is 4.95. The van der Waals surface area contributed by atoms with E-state index in [1.807, 2.05) is 0 Å². The maximum absolute atomic E-state index is 2.45. The molecular formula is C24H48. The van der Waals surface area contributed by atoms with Crippen LogP contribution in [0.5, 0.6) is 0 Å². The summed E-state index contributed by atoms with van der Waals surface area (Å²) in [6.07, 6.45) is 8.76. The van der Waals surface area contributed by atoms with Gasteiger partial charge < -0.3 is 0 Å². The van der Waals surface area contributed by atoms with Gasteiger partial charge in [-0.25, -0.2) is 0 Å². The Morgan fingerprint density at radius 3 is 1.62 bits per heavy atom. The van der Waals surface area contributed by atoms with Crippen LogP contribution in [0.1, 0.15) is 101 Å². The van der Waals surface area contributed by atoms with E-state index in [1.165, 1.54) is 32.1 Å². The van der Waals surface area contributed by atoms with Crippen molar-refractivity contribution >= 4 is 0 Å². The van der Waals surface area contributed by atoms with Crippen molar-refractivity contribution in [3.63, 3.8) is 0 Å². The molecule has 0 aromatic carbocycles. The topological polar surface area (TPSA) is 0 Å². The Kier molecular flexibility index (Phi) is 9.39. The molecule has 0 radical (unpaired) electrons. The van der Waals surface area contributed by atoms with Crippen molar-refractivity contribution in [2.24, 2.45) is 53.3 Å². The zero-order valence-corrected chi connectivity index (χ0v) is 18.4. The molecule has 3 saturated carbocycles. The number of rotatable bonds is 1. The lowest BCUT2D eigenvalue weighted by molar-refractivity contribution is 0.201. The highest BCUT2D eigenvalue weighted by Crippen LogP contribution is 2.54. The Hall–Kier alpha value is 0. The Labute approximate surface area is 154 Å². The molecular weight excluding hydrogens is 288 g/mol. The summed E-state index contributed by atoms with van der Waals surface area (Å²) in [4.78, 5) is 0. The first kappa shape index (κ1) is 22.0. The van der Waals surface area contributed by atoms with Crippen LogP contribution in [0.15, 0.2) is 0 Å². The van der Waals surface area contributed by atoms with E-state index in [-0.39, 0.29) is 0 Å². The van der Waals surface area contributed by atoms with E-state index < -0.39 is 0 Å². The summed E-state index contributed by atoms with van der Waals surface area (Å²) in [6.45, 7) is 21.1. The molecule has 8 unspecified atom stereocenters. The molecule has 3 rings (SSSR count). The lowest BCUT2D eigenvalue weighted by Gasteiger charge is -2.29. The predicted octanol–water partition coefficient (Wildman–Crippen LogP) is 8.07. The molecule has 0 aliphatic heterocycles. The van der Waals surface area contributed by atoms with Crippen LogP contribution in [0.2, 0.25) is 0 Å². The monoisotopic (exact) mass is 336 g/mol. The summed E-state index contributed by atoms with van der Waals surface area (Å²) in [6, 6.07) is 0. The second-order valence-corrected chi connectivity index (χ2v) is 10.3. The standard InChI is InChI=1S/C10H18.C9H18.C5H12/c1-6-4-9-5-10(6)8(3)7(9)2;1-7-4-5-8(2)9(3)6-7;1-4-5(2)3/h6-10H,4-5H2,1-3H3;7-9H,4-6H2,1-3H3;5H,4H2,1-3H3. The Balaban J connectivity index is 0.000000192. The maximum atomic E-state index is 2.45. The quantitative estimate of drug-likeness (QED) is 0.454. The van der Waals surface area contributed by atoms with Gasteiger partial charge in [0.2, 0.25) is 0 Å². The molecule has 0 aromatic rings. The van der Waals surface area contributed by atoms with Gasteiger partial charge in [0.1, 0.15) is 0 Å². The van der Waals surface area contributed by atoms with Crippen LogP contribution in [-0.4, -0.2) is 0 Å². The molecule has 0 amide bonds. The molecule has 0 saturated heterocycles. The average molecular weight is 337 g/mol. The summed E-state index contributed by atoms with van der Waals surface area (Å²) in [5, 5.41) is 0. The highest BCUT2D eigenvalue weighted by atomic mass is 14.5. The second-order valence-electron chi connectivity index (χ2n) is 10.3. The smallest absolute Gasteiger partial charge is 0.0357 e. The van der Waals surface area contributed by atoms with E-state index in [1.54, 1.807) is 6.42 Å². The molecule has 24 heavy (non-hydrogen) atoms. The van der Waals surface area contributed by atoms with Crippen LogP contribution in [0.4, 0.5) is 0 Å². The first-order valence-electron chi connectivity index (χ1n) is 11.2. The molecule has 3 aliphatic rings. The van der Waals surface area contributed by atoms with Crippen LogP contribution in [0.3, 0.4) is 0 Å². The van der Waals surface area contributed by atoms with Crippen LogP contribution in [-0.2, 0) is 0 Å². The van der Waals surface area contributed by atoms with Crippen molar-refractivity contribution in [3.05, 3.63) is 0 Å². The normalized spacial score (nSPS) is 43.8. The summed E-state index contributed by atoms with van der Waals surface area (Å²) in [5.74, 6) is 9.11. The summed E-state index contributed by atoms with van der Waals surface area (Å²) in [5.41, 5.74) is 0. The minimum absolute atomic E-state index is 0.884. The van der Waals surface area contributed by atoms with Gasteiger partial charge in [0.05, 0.1) is 0 Å². The van der Waals surface area contributed by atoms with Gasteiger partial charge in [0, 0.05) is 0 Å². The van der Waals surface area contributed by atoms with Crippen LogP contribution in [0, 0.1) is 53.3 Å². The average Bonchev–Trinajstić information content (AvgIpc) is 3.03. The number of hydrogen-bond acceptors (Lipinski definition) is 0. The van der Waals surface area contributed by atoms with Gasteiger partial charge >= 0.3 is 0 Å². The van der Waals surface area contributed by atoms with Crippen molar-refractivity contribution in [2.45, 2.75) is 101 Å². The SMILES string of the molecule is CC1CC2CC1C(C)C2C.CC1CCC(C)C(C)C1.CCC(C)C. The third-order valence-electron chi connectivity index (χ3n) is 7.91. The lowest BCUT2D eigenvalue weighted by atomic mass is 9.77. The molecule has 0 spiro atoms. The molecule has 0 aromatic heterocycles. The highest BCUT2D eigenvalue weighted by Gasteiger charge is 2.46. The Morgan fingerprint density at radius 1 is 0.708 bits per heavy atom. The van der Waals surface area contributed by atoms with Crippen molar-refractivity contribution < 1.29 is 0 Å². The fraction of sp³-hybridized carbons (Fsp3) is 1.00. The van der Waals surface area contributed by atoms with Crippen molar-refractivity contribution in [3.8, 4) is 0 Å². The first-order valence-corrected chi connectivity index (χ1v) is 11.2. The summed E-state index contributed by atoms with van der Waals surface area (Å²) in [7, 11) is 0. The van der Waals surface area contributed by atoms with E-state index >= 15 is 0 Å². The van der Waals surface area contributed by atoms with E-state index in [0.717, 1.165) is 53.3 Å². The number of fused-ring (bicyclic) bond motifs is 2. The van der Waals surface area contributed by atoms with Crippen molar-refractivity contribution in [2.75, 3.05) is 0 Å². The number of hydrogen-bond donors (Lipinski definition) is 0. The molecule has 8 atom stereocenters. The fourth-order valence-electron chi connectivity index (χ4n) is 5.13. The van der Waals surface area contributed by atoms with E-state index in [4.69, 9.17) is 0 Å². The Bertz CT molecular complexity index is 329. The van der Waals surface area contributed by atoms with Gasteiger partial charge in [-0.05, 0) is 72.5 Å². The zero-order valence-electron chi connectivity index (χ0n) is 18.4. The second kappa shape index (κ2) is 10.2. The van der Waals surface area contributed by atoms with E-state index in [0.29, 0.717) is 0 Å². The first-order chi connectivity index (χ1) is 11.2. The molecule has 0 heterocycles. The molecule has 0 nitrogen and oxygen atoms in total. The van der Waals surface area contributed by atoms with Gasteiger partial charge in [0.25, 0.3) is 0 Å². The van der Waals surface area contributed by atoms with Gasteiger partial charge in [-0.15, -0.1) is 0 Å². The van der Waals surface area contributed by atoms with E-state index in [2.05, 4.69) is 62.3 Å². The van der Waals surface area contributed by atoms with Gasteiger partial charge in [0.15, 0.2) is 0 Å². The molecule has 2 bridgehead atoms. The van der Waals surface area contributed by atoms with Crippen molar-refractivity contribution in [1.29, 1.82) is 0 Å². The third kappa shape index (κ3) is 6.38. The summed E-state index contributed by atoms with van der Waals surface area (Å²) >= 11 is 0. The molecule has 144 valence electrons. The van der Waals surface area contributed by atoms with Crippen LogP contribution >= 0.6 is 0 Å². The Morgan fingerprint density at radius 2 is 1.29 bits per heavy atom. The lowest BCUT2D eigenvalue weighted by Crippen LogP contribution is -2.22. The maximum Gasteiger partial charge on any atom is -0.0357 e. The fourth-order valence-corrected chi connectivity index (χ4v) is 5.13. The van der Waals surface area contributed by atoms with Gasteiger partial charge in [-0.1, -0.05) is 81.6 Å². The van der Waals surface area contributed by atoms with E-state index in [9.17, 15) is 0 Å². The third-order valence-corrected chi connectivity index (χ3v) is 7.91. The minimum Gasteiger partial charge on any atom is -0.0651 e. The largest absolute Gasteiger partial charge is 0.0651 e. The van der Waals surface area contributed by atoms with Crippen LogP contribution < -0.4 is 0 Å². The predicted molar refractivity (Wildman–Crippen MR) is 110 cm³/mol. The minimum atomic E-state index is 0.884.